The van der Waals surface area contributed by atoms with Crippen molar-refractivity contribution in [3.05, 3.63) is 35.4 Å². The van der Waals surface area contributed by atoms with Gasteiger partial charge in [-0.15, -0.1) is 0 Å². The predicted octanol–water partition coefficient (Wildman–Crippen LogP) is -0.248. The van der Waals surface area contributed by atoms with Crippen molar-refractivity contribution in [3.8, 4) is 0 Å². The molecular formula is C13H19NO4. The standard InChI is InChI=1S/C13H19NO4/c1-9(16)14-8-12(17)13(18)11-4-2-3-10(7-11)5-6-15/h2-4,7,12-13,15,17-18H,5-6,8H2,1H3,(H,14,16). The number of rotatable bonds is 6. The topological polar surface area (TPSA) is 89.8 Å². The minimum atomic E-state index is -1.06. The van der Waals surface area contributed by atoms with E-state index in [9.17, 15) is 15.0 Å². The third kappa shape index (κ3) is 4.44. The lowest BCUT2D eigenvalue weighted by molar-refractivity contribution is -0.119. The van der Waals surface area contributed by atoms with E-state index < -0.39 is 12.2 Å². The van der Waals surface area contributed by atoms with Crippen LogP contribution >= 0.6 is 0 Å². The van der Waals surface area contributed by atoms with Gasteiger partial charge in [-0.05, 0) is 17.5 Å². The van der Waals surface area contributed by atoms with Crippen molar-refractivity contribution in [2.75, 3.05) is 13.2 Å². The van der Waals surface area contributed by atoms with E-state index in [4.69, 9.17) is 5.11 Å². The van der Waals surface area contributed by atoms with Crippen molar-refractivity contribution in [3.63, 3.8) is 0 Å². The highest BCUT2D eigenvalue weighted by atomic mass is 16.3. The van der Waals surface area contributed by atoms with Crippen LogP contribution in [0.1, 0.15) is 24.2 Å². The molecule has 0 saturated heterocycles. The zero-order chi connectivity index (χ0) is 13.5. The Bertz CT molecular complexity index is 394. The summed E-state index contributed by atoms with van der Waals surface area (Å²) in [6.45, 7) is 1.38. The Balaban J connectivity index is 2.67. The smallest absolute Gasteiger partial charge is 0.216 e. The van der Waals surface area contributed by atoms with Gasteiger partial charge in [-0.3, -0.25) is 4.79 Å². The van der Waals surface area contributed by atoms with Crippen molar-refractivity contribution in [1.29, 1.82) is 0 Å². The summed E-state index contributed by atoms with van der Waals surface area (Å²) in [6.07, 6.45) is -1.61. The molecule has 0 aliphatic carbocycles. The molecule has 100 valence electrons. The molecule has 18 heavy (non-hydrogen) atoms. The fourth-order valence-corrected chi connectivity index (χ4v) is 1.64. The monoisotopic (exact) mass is 253 g/mol. The number of carbonyl (C=O) groups is 1. The molecule has 0 spiro atoms. The summed E-state index contributed by atoms with van der Waals surface area (Å²) in [5.41, 5.74) is 1.46. The fraction of sp³-hybridized carbons (Fsp3) is 0.462. The van der Waals surface area contributed by atoms with E-state index in [0.717, 1.165) is 5.56 Å². The molecule has 0 aromatic heterocycles. The minimum Gasteiger partial charge on any atom is -0.396 e. The maximum Gasteiger partial charge on any atom is 0.216 e. The first-order valence-corrected chi connectivity index (χ1v) is 5.85. The van der Waals surface area contributed by atoms with Crippen LogP contribution in [0.5, 0.6) is 0 Å². The zero-order valence-electron chi connectivity index (χ0n) is 10.3. The van der Waals surface area contributed by atoms with Gasteiger partial charge in [0.15, 0.2) is 0 Å². The first-order valence-electron chi connectivity index (χ1n) is 5.85. The van der Waals surface area contributed by atoms with Gasteiger partial charge in [-0.25, -0.2) is 0 Å². The molecule has 4 N–H and O–H groups in total. The normalized spacial score (nSPS) is 14.0. The third-order valence-electron chi connectivity index (χ3n) is 2.62. The number of aliphatic hydroxyl groups excluding tert-OH is 3. The molecule has 1 aromatic rings. The number of carbonyl (C=O) groups excluding carboxylic acids is 1. The van der Waals surface area contributed by atoms with E-state index in [-0.39, 0.29) is 19.1 Å². The largest absolute Gasteiger partial charge is 0.396 e. The lowest BCUT2D eigenvalue weighted by atomic mass is 10.0. The average molecular weight is 253 g/mol. The van der Waals surface area contributed by atoms with E-state index in [1.807, 2.05) is 6.07 Å². The molecule has 5 nitrogen and oxygen atoms in total. The molecule has 0 heterocycles. The molecule has 0 aliphatic rings. The predicted molar refractivity (Wildman–Crippen MR) is 66.9 cm³/mol. The second kappa shape index (κ2) is 7.10. The van der Waals surface area contributed by atoms with Crippen molar-refractivity contribution in [2.24, 2.45) is 0 Å². The molecule has 0 aliphatic heterocycles. The van der Waals surface area contributed by atoms with Gasteiger partial charge in [0, 0.05) is 20.1 Å². The van der Waals surface area contributed by atoms with Gasteiger partial charge in [-0.1, -0.05) is 24.3 Å². The summed E-state index contributed by atoms with van der Waals surface area (Å²) in [7, 11) is 0. The first kappa shape index (κ1) is 14.6. The summed E-state index contributed by atoms with van der Waals surface area (Å²) >= 11 is 0. The maximum absolute atomic E-state index is 10.7. The highest BCUT2D eigenvalue weighted by Gasteiger charge is 2.18. The highest BCUT2D eigenvalue weighted by molar-refractivity contribution is 5.72. The Morgan fingerprint density at radius 2 is 2.11 bits per heavy atom. The second-order valence-electron chi connectivity index (χ2n) is 4.17. The molecule has 0 bridgehead atoms. The molecule has 1 aromatic carbocycles. The molecule has 1 amide bonds. The Labute approximate surface area is 106 Å². The van der Waals surface area contributed by atoms with Crippen LogP contribution in [0, 0.1) is 0 Å². The molecule has 1 rings (SSSR count). The molecule has 2 atom stereocenters. The van der Waals surface area contributed by atoms with Crippen molar-refractivity contribution in [1.82, 2.24) is 5.32 Å². The Hall–Kier alpha value is -1.43. The van der Waals surface area contributed by atoms with E-state index >= 15 is 0 Å². The average Bonchev–Trinajstić information content (AvgIpc) is 2.35. The van der Waals surface area contributed by atoms with Crippen molar-refractivity contribution >= 4 is 5.91 Å². The maximum atomic E-state index is 10.7. The second-order valence-corrected chi connectivity index (χ2v) is 4.17. The Morgan fingerprint density at radius 1 is 1.39 bits per heavy atom. The number of nitrogens with one attached hydrogen (secondary N) is 1. The van der Waals surface area contributed by atoms with E-state index in [0.29, 0.717) is 12.0 Å². The highest BCUT2D eigenvalue weighted by Crippen LogP contribution is 2.18. The fourth-order valence-electron chi connectivity index (χ4n) is 1.64. The summed E-state index contributed by atoms with van der Waals surface area (Å²) in [5.74, 6) is -0.254. The summed E-state index contributed by atoms with van der Waals surface area (Å²) in [4.78, 5) is 10.7. The quantitative estimate of drug-likeness (QED) is 0.563. The van der Waals surface area contributed by atoms with Crippen LogP contribution in [0.2, 0.25) is 0 Å². The van der Waals surface area contributed by atoms with Gasteiger partial charge in [0.1, 0.15) is 12.2 Å². The zero-order valence-corrected chi connectivity index (χ0v) is 10.3. The van der Waals surface area contributed by atoms with Gasteiger partial charge in [-0.2, -0.15) is 0 Å². The van der Waals surface area contributed by atoms with Gasteiger partial charge >= 0.3 is 0 Å². The van der Waals surface area contributed by atoms with Gasteiger partial charge < -0.3 is 20.6 Å². The molecule has 0 saturated carbocycles. The SMILES string of the molecule is CC(=O)NCC(O)C(O)c1cccc(CCO)c1. The van der Waals surface area contributed by atoms with Crippen LogP contribution in [0.3, 0.4) is 0 Å². The number of amides is 1. The van der Waals surface area contributed by atoms with Crippen LogP contribution in [-0.4, -0.2) is 40.5 Å². The number of hydrogen-bond donors (Lipinski definition) is 4. The van der Waals surface area contributed by atoms with E-state index in [1.165, 1.54) is 6.92 Å². The van der Waals surface area contributed by atoms with Gasteiger partial charge in [0.25, 0.3) is 0 Å². The summed E-state index contributed by atoms with van der Waals surface area (Å²) in [6, 6.07) is 7.03. The van der Waals surface area contributed by atoms with Crippen LogP contribution in [0.25, 0.3) is 0 Å². The molecule has 0 fully saturated rings. The number of aliphatic hydroxyl groups is 3. The third-order valence-corrected chi connectivity index (χ3v) is 2.62. The van der Waals surface area contributed by atoms with E-state index in [2.05, 4.69) is 5.32 Å². The number of benzene rings is 1. The van der Waals surface area contributed by atoms with Crippen LogP contribution < -0.4 is 5.32 Å². The molecule has 0 radical (unpaired) electrons. The van der Waals surface area contributed by atoms with Crippen LogP contribution in [0.4, 0.5) is 0 Å². The van der Waals surface area contributed by atoms with Crippen LogP contribution in [-0.2, 0) is 11.2 Å². The van der Waals surface area contributed by atoms with Gasteiger partial charge in [0.05, 0.1) is 0 Å². The van der Waals surface area contributed by atoms with Crippen molar-refractivity contribution < 1.29 is 20.1 Å². The van der Waals surface area contributed by atoms with Gasteiger partial charge in [0.2, 0.25) is 5.91 Å². The van der Waals surface area contributed by atoms with Crippen LogP contribution in [0.15, 0.2) is 24.3 Å². The van der Waals surface area contributed by atoms with Crippen molar-refractivity contribution in [2.45, 2.75) is 25.6 Å². The molecule has 2 unspecified atom stereocenters. The Kier molecular flexibility index (Phi) is 5.77. The Morgan fingerprint density at radius 3 is 2.72 bits per heavy atom. The summed E-state index contributed by atoms with van der Waals surface area (Å²) < 4.78 is 0. The first-order chi connectivity index (χ1) is 8.54. The lowest BCUT2D eigenvalue weighted by Crippen LogP contribution is -2.34. The lowest BCUT2D eigenvalue weighted by Gasteiger charge is -2.19. The number of hydrogen-bond acceptors (Lipinski definition) is 4. The molecular weight excluding hydrogens is 234 g/mol. The molecule has 5 heteroatoms. The summed E-state index contributed by atoms with van der Waals surface area (Å²) in [5, 5.41) is 30.9. The minimum absolute atomic E-state index is 0.000722. The van der Waals surface area contributed by atoms with E-state index in [1.54, 1.807) is 18.2 Å².